The maximum Gasteiger partial charge on any atom is 0.411 e. The number of likely N-dealkylation sites (tertiary alicyclic amines) is 1. The minimum absolute atomic E-state index is 0.0962. The van der Waals surface area contributed by atoms with Crippen LogP contribution in [0.2, 0.25) is 0 Å². The summed E-state index contributed by atoms with van der Waals surface area (Å²) in [5, 5.41) is 0. The van der Waals surface area contributed by atoms with Crippen LogP contribution in [-0.4, -0.2) is 54.9 Å². The SMILES string of the molecule is CC(C)(C)OC(=O)N1CC(F)(F)C[C@H]1c1ncc(-c2ccc(-c3ccc(-c4cnc([C@H]5CCC(F)(F)C5)[nH]4)cc3)c3c2C2CCC3C2)[nH]1. The van der Waals surface area contributed by atoms with Gasteiger partial charge in [-0.2, -0.15) is 0 Å². The number of H-pyrrole nitrogens is 2. The maximum atomic E-state index is 14.6. The zero-order valence-corrected chi connectivity index (χ0v) is 27.3. The van der Waals surface area contributed by atoms with E-state index >= 15 is 0 Å². The lowest BCUT2D eigenvalue weighted by Crippen LogP contribution is -2.38. The topological polar surface area (TPSA) is 86.9 Å². The van der Waals surface area contributed by atoms with Crippen molar-refractivity contribution in [3.63, 3.8) is 0 Å². The van der Waals surface area contributed by atoms with Gasteiger partial charge >= 0.3 is 6.09 Å². The van der Waals surface area contributed by atoms with Crippen molar-refractivity contribution in [2.24, 2.45) is 0 Å². The number of alkyl halides is 4. The predicted molar refractivity (Wildman–Crippen MR) is 173 cm³/mol. The molecule has 4 aromatic rings. The molecule has 2 bridgehead atoms. The Labute approximate surface area is 276 Å². The second-order valence-electron chi connectivity index (χ2n) is 15.1. The Hall–Kier alpha value is -4.15. The zero-order chi connectivity index (χ0) is 33.6. The molecule has 1 saturated heterocycles. The van der Waals surface area contributed by atoms with Gasteiger partial charge in [-0.1, -0.05) is 36.4 Å². The molecule has 3 heterocycles. The first-order valence-electron chi connectivity index (χ1n) is 16.9. The first-order valence-corrected chi connectivity index (χ1v) is 16.9. The lowest BCUT2D eigenvalue weighted by Gasteiger charge is -2.27. The molecule has 252 valence electrons. The molecule has 2 N–H and O–H groups in total. The van der Waals surface area contributed by atoms with E-state index in [9.17, 15) is 22.4 Å². The number of carbonyl (C=O) groups excluding carboxylic acids is 1. The van der Waals surface area contributed by atoms with Gasteiger partial charge in [-0.15, -0.1) is 0 Å². The number of fused-ring (bicyclic) bond motifs is 5. The summed E-state index contributed by atoms with van der Waals surface area (Å²) < 4.78 is 62.3. The molecule has 2 aromatic heterocycles. The molecule has 8 rings (SSSR count). The van der Waals surface area contributed by atoms with E-state index in [4.69, 9.17) is 4.74 Å². The summed E-state index contributed by atoms with van der Waals surface area (Å²) in [4.78, 5) is 29.5. The lowest BCUT2D eigenvalue weighted by molar-refractivity contribution is -0.00248. The number of hydrogen-bond acceptors (Lipinski definition) is 4. The third-order valence-electron chi connectivity index (χ3n) is 10.5. The molecule has 2 unspecified atom stereocenters. The number of hydrogen-bond donors (Lipinski definition) is 2. The van der Waals surface area contributed by atoms with Gasteiger partial charge in [0.15, 0.2) is 0 Å². The number of aromatic amines is 2. The standard InChI is InChI=1S/C37H39F4N5O2/c1-35(2,3)48-34(47)46-19-37(40,41)16-29(46)33-43-18-28(45-33)26-11-10-25(30-22-8-9-23(14-22)31(26)30)20-4-6-21(7-5-20)27-17-42-32(44-27)24-12-13-36(38,39)15-24/h4-7,10-11,17-18,22-24,29H,8-9,12-16,19H2,1-3H3,(H,42,44)(H,43,45)/t22?,23?,24-,29-/m0/s1. The number of carbonyl (C=O) groups is 1. The van der Waals surface area contributed by atoms with Crippen molar-refractivity contribution < 1.29 is 27.1 Å². The Morgan fingerprint density at radius 3 is 2.10 bits per heavy atom. The van der Waals surface area contributed by atoms with Crippen LogP contribution in [-0.2, 0) is 4.74 Å². The van der Waals surface area contributed by atoms with Crippen molar-refractivity contribution in [2.45, 2.75) is 107 Å². The van der Waals surface area contributed by atoms with E-state index in [1.54, 1.807) is 33.2 Å². The lowest BCUT2D eigenvalue weighted by atomic mass is 9.82. The highest BCUT2D eigenvalue weighted by Gasteiger charge is 2.50. The number of ether oxygens (including phenoxy) is 1. The van der Waals surface area contributed by atoms with E-state index in [-0.39, 0.29) is 18.8 Å². The van der Waals surface area contributed by atoms with E-state index in [1.165, 1.54) is 16.7 Å². The van der Waals surface area contributed by atoms with E-state index in [1.807, 2.05) is 12.1 Å². The molecule has 3 aliphatic carbocycles. The largest absolute Gasteiger partial charge is 0.444 e. The summed E-state index contributed by atoms with van der Waals surface area (Å²) in [6.45, 7) is 4.43. The van der Waals surface area contributed by atoms with Crippen LogP contribution >= 0.6 is 0 Å². The van der Waals surface area contributed by atoms with Gasteiger partial charge < -0.3 is 14.7 Å². The van der Waals surface area contributed by atoms with Crippen molar-refractivity contribution in [3.05, 3.63) is 71.6 Å². The van der Waals surface area contributed by atoms with Crippen molar-refractivity contribution in [1.29, 1.82) is 0 Å². The van der Waals surface area contributed by atoms with Crippen molar-refractivity contribution >= 4 is 6.09 Å². The van der Waals surface area contributed by atoms with Crippen LogP contribution in [0.15, 0.2) is 48.8 Å². The normalized spacial score (nSPS) is 25.5. The molecule has 4 atom stereocenters. The molecule has 1 amide bonds. The maximum absolute atomic E-state index is 14.6. The summed E-state index contributed by atoms with van der Waals surface area (Å²) in [6, 6.07) is 11.6. The van der Waals surface area contributed by atoms with Crippen molar-refractivity contribution in [3.8, 4) is 33.6 Å². The van der Waals surface area contributed by atoms with Gasteiger partial charge in [0.1, 0.15) is 17.2 Å². The van der Waals surface area contributed by atoms with Crippen LogP contribution < -0.4 is 0 Å². The quantitative estimate of drug-likeness (QED) is 0.209. The molecule has 11 heteroatoms. The number of amides is 1. The number of aromatic nitrogens is 4. The fourth-order valence-electron chi connectivity index (χ4n) is 8.43. The van der Waals surface area contributed by atoms with Gasteiger partial charge in [0.25, 0.3) is 5.92 Å². The molecular formula is C37H39F4N5O2. The fraction of sp³-hybridized carbons (Fsp3) is 0.486. The van der Waals surface area contributed by atoms with Crippen LogP contribution in [0.3, 0.4) is 0 Å². The highest BCUT2D eigenvalue weighted by Crippen LogP contribution is 2.58. The number of imidazole rings is 2. The molecule has 2 saturated carbocycles. The highest BCUT2D eigenvalue weighted by molar-refractivity contribution is 5.80. The van der Waals surface area contributed by atoms with Gasteiger partial charge in [-0.25, -0.2) is 32.3 Å². The van der Waals surface area contributed by atoms with Gasteiger partial charge in [0.05, 0.1) is 36.4 Å². The molecule has 0 spiro atoms. The van der Waals surface area contributed by atoms with E-state index in [0.29, 0.717) is 29.9 Å². The molecule has 2 aromatic carbocycles. The van der Waals surface area contributed by atoms with Crippen LogP contribution in [0.5, 0.6) is 0 Å². The molecule has 7 nitrogen and oxygen atoms in total. The van der Waals surface area contributed by atoms with E-state index < -0.39 is 42.5 Å². The number of nitrogens with zero attached hydrogens (tertiary/aromatic N) is 3. The first kappa shape index (κ1) is 31.1. The zero-order valence-electron chi connectivity index (χ0n) is 27.3. The van der Waals surface area contributed by atoms with Crippen molar-refractivity contribution in [1.82, 2.24) is 24.8 Å². The van der Waals surface area contributed by atoms with Crippen LogP contribution in [0, 0.1) is 0 Å². The van der Waals surface area contributed by atoms with Gasteiger partial charge in [-0.3, -0.25) is 4.90 Å². The second kappa shape index (κ2) is 10.9. The molecule has 3 fully saturated rings. The number of nitrogens with one attached hydrogen (secondary N) is 2. The third kappa shape index (κ3) is 5.58. The third-order valence-corrected chi connectivity index (χ3v) is 10.5. The van der Waals surface area contributed by atoms with Crippen LogP contribution in [0.1, 0.15) is 112 Å². The monoisotopic (exact) mass is 661 g/mol. The Morgan fingerprint density at radius 1 is 0.792 bits per heavy atom. The van der Waals surface area contributed by atoms with E-state index in [2.05, 4.69) is 44.2 Å². The molecule has 1 aliphatic heterocycles. The van der Waals surface area contributed by atoms with Crippen LogP contribution in [0.4, 0.5) is 22.4 Å². The van der Waals surface area contributed by atoms with Gasteiger partial charge in [0.2, 0.25) is 5.92 Å². The Bertz CT molecular complexity index is 1870. The summed E-state index contributed by atoms with van der Waals surface area (Å²) in [6.07, 6.45) is 5.61. The summed E-state index contributed by atoms with van der Waals surface area (Å²) in [7, 11) is 0. The smallest absolute Gasteiger partial charge is 0.411 e. The fourth-order valence-corrected chi connectivity index (χ4v) is 8.43. The predicted octanol–water partition coefficient (Wildman–Crippen LogP) is 9.72. The van der Waals surface area contributed by atoms with Crippen LogP contribution in [0.25, 0.3) is 33.6 Å². The number of benzene rings is 2. The molecular weight excluding hydrogens is 622 g/mol. The summed E-state index contributed by atoms with van der Waals surface area (Å²) in [5.41, 5.74) is 7.62. The number of halogens is 4. The average molecular weight is 662 g/mol. The van der Waals surface area contributed by atoms with Gasteiger partial charge in [0, 0.05) is 30.7 Å². The minimum Gasteiger partial charge on any atom is -0.444 e. The molecule has 0 radical (unpaired) electrons. The molecule has 48 heavy (non-hydrogen) atoms. The summed E-state index contributed by atoms with van der Waals surface area (Å²) in [5.74, 6) is -4.11. The molecule has 4 aliphatic rings. The number of rotatable bonds is 5. The summed E-state index contributed by atoms with van der Waals surface area (Å²) >= 11 is 0. The Kier molecular flexibility index (Phi) is 7.09. The average Bonchev–Trinajstić information content (AvgIpc) is 3.87. The van der Waals surface area contributed by atoms with E-state index in [0.717, 1.165) is 52.2 Å². The van der Waals surface area contributed by atoms with Gasteiger partial charge in [-0.05, 0) is 86.1 Å². The highest BCUT2D eigenvalue weighted by atomic mass is 19.3. The van der Waals surface area contributed by atoms with Crippen molar-refractivity contribution in [2.75, 3.05) is 6.54 Å². The second-order valence-corrected chi connectivity index (χ2v) is 15.1. The minimum atomic E-state index is -3.04. The Balaban J connectivity index is 1.07. The first-order chi connectivity index (χ1) is 22.7. The Morgan fingerprint density at radius 2 is 1.42 bits per heavy atom.